The lowest BCUT2D eigenvalue weighted by atomic mass is 9.44. The Kier molecular flexibility index (Phi) is 4.45. The molecule has 4 fully saturated rings. The standard InChI is InChI=1S/C25H40N2O2/c1-16(27-14-13-26-27)22(28)21-8-7-19-18-6-5-17-15-23(2,29)11-12-24(17,3)20(18)9-10-25(19,21)4/h13-14,16-21,26,29H,5-12,15H2,1-4H3/t16-,17-,18+,19+,20+,21-,23-,24+,25+/m1/s1. The van der Waals surface area contributed by atoms with Crippen LogP contribution in [0.4, 0.5) is 0 Å². The molecule has 0 unspecified atom stereocenters. The van der Waals surface area contributed by atoms with Gasteiger partial charge < -0.3 is 10.2 Å². The molecule has 0 radical (unpaired) electrons. The predicted molar refractivity (Wildman–Crippen MR) is 114 cm³/mol. The number of aliphatic hydroxyl groups is 1. The maximum atomic E-state index is 13.4. The summed E-state index contributed by atoms with van der Waals surface area (Å²) in [5.74, 6) is 3.63. The molecule has 4 nitrogen and oxygen atoms in total. The van der Waals surface area contributed by atoms with Crippen LogP contribution in [0, 0.1) is 40.4 Å². The summed E-state index contributed by atoms with van der Waals surface area (Å²) >= 11 is 0. The van der Waals surface area contributed by atoms with Crippen LogP contribution in [0.1, 0.15) is 91.5 Å². The molecule has 0 saturated heterocycles. The average molecular weight is 401 g/mol. The summed E-state index contributed by atoms with van der Waals surface area (Å²) in [5.41, 5.74) is 0.124. The zero-order chi connectivity index (χ0) is 20.6. The van der Waals surface area contributed by atoms with Gasteiger partial charge in [0.25, 0.3) is 0 Å². The first-order valence-corrected chi connectivity index (χ1v) is 12.1. The van der Waals surface area contributed by atoms with Gasteiger partial charge in [-0.05, 0) is 106 Å². The van der Waals surface area contributed by atoms with E-state index in [0.29, 0.717) is 23.0 Å². The number of aromatic amines is 1. The number of Topliss-reactive ketones (excluding diaryl/α,β-unsaturated/α-hetero) is 1. The third kappa shape index (κ3) is 2.84. The molecular formula is C25H40N2O2. The van der Waals surface area contributed by atoms with Crippen LogP contribution in [0.2, 0.25) is 0 Å². The molecule has 29 heavy (non-hydrogen) atoms. The highest BCUT2D eigenvalue weighted by atomic mass is 16.3. The molecule has 4 saturated carbocycles. The number of ketones is 1. The average Bonchev–Trinajstić information content (AvgIpc) is 2.97. The molecule has 0 bridgehead atoms. The number of rotatable bonds is 3. The van der Waals surface area contributed by atoms with Crippen molar-refractivity contribution in [2.45, 2.75) is 97.1 Å². The number of nitrogens with zero attached hydrogens (tertiary/aromatic N) is 1. The molecule has 1 aromatic rings. The van der Waals surface area contributed by atoms with Gasteiger partial charge in [-0.3, -0.25) is 9.48 Å². The summed E-state index contributed by atoms with van der Waals surface area (Å²) in [6.07, 6.45) is 14.4. The second-order valence-electron chi connectivity index (χ2n) is 12.0. The number of H-pyrrole nitrogens is 1. The van der Waals surface area contributed by atoms with Gasteiger partial charge in [0.15, 0.2) is 5.78 Å². The van der Waals surface area contributed by atoms with Crippen LogP contribution in [0.5, 0.6) is 0 Å². The lowest BCUT2D eigenvalue weighted by Gasteiger charge is -2.61. The molecule has 9 atom stereocenters. The van der Waals surface area contributed by atoms with Gasteiger partial charge in [-0.25, -0.2) is 0 Å². The van der Waals surface area contributed by atoms with Crippen LogP contribution in [0.3, 0.4) is 0 Å². The smallest absolute Gasteiger partial charge is 0.160 e. The van der Waals surface area contributed by atoms with Gasteiger partial charge in [0.05, 0.1) is 5.60 Å². The van der Waals surface area contributed by atoms with Crippen molar-refractivity contribution in [1.82, 2.24) is 9.78 Å². The SMILES string of the molecule is C[C@H](C(=O)[C@H]1CC[C@H]2[C@@H]3CC[C@@H]4C[C@](C)(O)CC[C@]4(C)[C@H]3CC[C@]12C)n1cc[nH]1. The molecule has 162 valence electrons. The van der Waals surface area contributed by atoms with Gasteiger partial charge in [-0.1, -0.05) is 13.8 Å². The summed E-state index contributed by atoms with van der Waals surface area (Å²) < 4.78 is 1.96. The third-order valence-electron chi connectivity index (χ3n) is 10.6. The van der Waals surface area contributed by atoms with E-state index in [9.17, 15) is 9.90 Å². The van der Waals surface area contributed by atoms with Crippen molar-refractivity contribution in [2.24, 2.45) is 40.4 Å². The summed E-state index contributed by atoms with van der Waals surface area (Å²) in [6, 6.07) is -0.0628. The molecule has 2 N–H and O–H groups in total. The molecule has 1 aromatic heterocycles. The number of hydrogen-bond acceptors (Lipinski definition) is 2. The van der Waals surface area contributed by atoms with Crippen LogP contribution in [0.25, 0.3) is 0 Å². The zero-order valence-corrected chi connectivity index (χ0v) is 18.8. The molecule has 0 amide bonds. The third-order valence-corrected chi connectivity index (χ3v) is 10.6. The van der Waals surface area contributed by atoms with Gasteiger partial charge in [0, 0.05) is 18.3 Å². The van der Waals surface area contributed by atoms with E-state index in [1.807, 2.05) is 24.0 Å². The number of hydrogen-bond donors (Lipinski definition) is 2. The fourth-order valence-corrected chi connectivity index (χ4v) is 8.73. The predicted octanol–water partition coefficient (Wildman–Crippen LogP) is 5.36. The highest BCUT2D eigenvalue weighted by Gasteiger charge is 2.62. The van der Waals surface area contributed by atoms with Crippen molar-refractivity contribution in [3.63, 3.8) is 0 Å². The number of carbonyl (C=O) groups is 1. The molecule has 4 heteroatoms. The van der Waals surface area contributed by atoms with Crippen LogP contribution < -0.4 is 0 Å². The topological polar surface area (TPSA) is 58.0 Å². The van der Waals surface area contributed by atoms with Gasteiger partial charge in [-0.2, -0.15) is 0 Å². The maximum absolute atomic E-state index is 13.4. The molecule has 0 aromatic carbocycles. The minimum Gasteiger partial charge on any atom is -0.390 e. The molecule has 4 aliphatic rings. The minimum atomic E-state index is -0.458. The largest absolute Gasteiger partial charge is 0.390 e. The van der Waals surface area contributed by atoms with E-state index < -0.39 is 5.60 Å². The van der Waals surface area contributed by atoms with Crippen LogP contribution in [0.15, 0.2) is 12.4 Å². The molecule has 1 heterocycles. The van der Waals surface area contributed by atoms with E-state index in [4.69, 9.17) is 0 Å². The van der Waals surface area contributed by atoms with Crippen molar-refractivity contribution in [1.29, 1.82) is 0 Å². The number of carbonyl (C=O) groups excluding carboxylic acids is 1. The van der Waals surface area contributed by atoms with Crippen LogP contribution >= 0.6 is 0 Å². The second-order valence-corrected chi connectivity index (χ2v) is 12.0. The van der Waals surface area contributed by atoms with Crippen molar-refractivity contribution in [3.8, 4) is 0 Å². The lowest BCUT2D eigenvalue weighted by Crippen LogP contribution is -2.55. The van der Waals surface area contributed by atoms with E-state index in [1.54, 1.807) is 0 Å². The number of nitrogens with one attached hydrogen (secondary N) is 1. The van der Waals surface area contributed by atoms with E-state index in [0.717, 1.165) is 31.1 Å². The molecule has 0 aliphatic heterocycles. The monoisotopic (exact) mass is 400 g/mol. The normalized spacial score (nSPS) is 50.4. The van der Waals surface area contributed by atoms with Gasteiger partial charge in [0.2, 0.25) is 0 Å². The fraction of sp³-hybridized carbons (Fsp3) is 0.880. The molecule has 4 aliphatic carbocycles. The highest BCUT2D eigenvalue weighted by molar-refractivity contribution is 5.85. The first-order valence-electron chi connectivity index (χ1n) is 12.1. The van der Waals surface area contributed by atoms with Crippen molar-refractivity contribution in [3.05, 3.63) is 12.4 Å². The lowest BCUT2D eigenvalue weighted by molar-refractivity contribution is -0.151. The minimum absolute atomic E-state index is 0.0628. The first-order chi connectivity index (χ1) is 13.7. The Morgan fingerprint density at radius 1 is 1.03 bits per heavy atom. The van der Waals surface area contributed by atoms with Crippen molar-refractivity contribution < 1.29 is 9.90 Å². The second kappa shape index (κ2) is 6.48. The van der Waals surface area contributed by atoms with E-state index in [-0.39, 0.29) is 17.4 Å². The van der Waals surface area contributed by atoms with E-state index in [1.165, 1.54) is 38.5 Å². The van der Waals surface area contributed by atoms with E-state index in [2.05, 4.69) is 25.9 Å². The summed E-state index contributed by atoms with van der Waals surface area (Å²) in [4.78, 5) is 13.4. The maximum Gasteiger partial charge on any atom is 0.160 e. The van der Waals surface area contributed by atoms with Gasteiger partial charge in [0.1, 0.15) is 6.04 Å². The number of aromatic nitrogens is 2. The van der Waals surface area contributed by atoms with Crippen molar-refractivity contribution in [2.75, 3.05) is 0 Å². The van der Waals surface area contributed by atoms with Gasteiger partial charge >= 0.3 is 0 Å². The van der Waals surface area contributed by atoms with Crippen molar-refractivity contribution >= 4 is 5.78 Å². The summed E-state index contributed by atoms with van der Waals surface area (Å²) in [6.45, 7) is 9.11. The Bertz CT molecular complexity index is 769. The first kappa shape index (κ1) is 19.9. The molecule has 0 spiro atoms. The zero-order valence-electron chi connectivity index (χ0n) is 18.8. The Hall–Kier alpha value is -1.03. The summed E-state index contributed by atoms with van der Waals surface area (Å²) in [5, 5.41) is 13.8. The highest BCUT2D eigenvalue weighted by Crippen LogP contribution is 2.68. The van der Waals surface area contributed by atoms with Crippen LogP contribution in [-0.4, -0.2) is 26.3 Å². The van der Waals surface area contributed by atoms with E-state index >= 15 is 0 Å². The van der Waals surface area contributed by atoms with Crippen LogP contribution in [-0.2, 0) is 4.79 Å². The molecule has 5 rings (SSSR count). The quantitative estimate of drug-likeness (QED) is 0.718. The summed E-state index contributed by atoms with van der Waals surface area (Å²) in [7, 11) is 0. The Balaban J connectivity index is 1.37. The number of fused-ring (bicyclic) bond motifs is 5. The Morgan fingerprint density at radius 2 is 1.76 bits per heavy atom. The van der Waals surface area contributed by atoms with Gasteiger partial charge in [-0.15, -0.1) is 0 Å². The Morgan fingerprint density at radius 3 is 2.45 bits per heavy atom. The fourth-order valence-electron chi connectivity index (χ4n) is 8.73. The Labute approximate surface area is 175 Å². The molecular weight excluding hydrogens is 360 g/mol.